The summed E-state index contributed by atoms with van der Waals surface area (Å²) >= 11 is 1.81. The molecular formula is C65H51IrN3OS-2. The van der Waals surface area contributed by atoms with Crippen LogP contribution in [0.25, 0.3) is 114 Å². The van der Waals surface area contributed by atoms with Crippen molar-refractivity contribution in [2.24, 2.45) is 0 Å². The zero-order chi connectivity index (χ0) is 47.6. The molecule has 0 saturated carbocycles. The van der Waals surface area contributed by atoms with Crippen LogP contribution in [0.5, 0.6) is 0 Å². The maximum Gasteiger partial charge on any atom is 0.130 e. The molecule has 4 heterocycles. The molecular weight excluding hydrogens is 1060 g/mol. The molecule has 4 aromatic heterocycles. The van der Waals surface area contributed by atoms with Crippen molar-refractivity contribution in [2.45, 2.75) is 59.3 Å². The van der Waals surface area contributed by atoms with E-state index in [9.17, 15) is 0 Å². The Balaban J connectivity index is 0.000000160. The topological polar surface area (TPSA) is 43.9 Å². The molecule has 9 aromatic carbocycles. The van der Waals surface area contributed by atoms with Gasteiger partial charge in [-0.2, -0.15) is 0 Å². The Morgan fingerprint density at radius 2 is 1.25 bits per heavy atom. The zero-order valence-electron chi connectivity index (χ0n) is 40.5. The van der Waals surface area contributed by atoms with Gasteiger partial charge in [-0.3, -0.25) is 4.98 Å². The predicted octanol–water partition coefficient (Wildman–Crippen LogP) is 18.6. The average molecular weight is 1110 g/mol. The van der Waals surface area contributed by atoms with E-state index in [-0.39, 0.29) is 20.1 Å². The Morgan fingerprint density at radius 1 is 0.549 bits per heavy atom. The Kier molecular flexibility index (Phi) is 12.3. The van der Waals surface area contributed by atoms with Gasteiger partial charge < -0.3 is 14.0 Å². The number of benzene rings is 9. The van der Waals surface area contributed by atoms with E-state index >= 15 is 0 Å². The number of aromatic nitrogens is 3. The minimum Gasteiger partial charge on any atom is -0.500 e. The first-order chi connectivity index (χ1) is 34.2. The number of thiophene rings is 1. The molecule has 6 heteroatoms. The second kappa shape index (κ2) is 18.8. The number of rotatable bonds is 7. The quantitative estimate of drug-likeness (QED) is 0.118. The fourth-order valence-electron chi connectivity index (χ4n) is 10.3. The standard InChI is InChI=1S/C39H33N2.C26H18NOS.Ir/c1-25(2)34-23-31(27-12-6-5-7-13-27)24-35(26(3)4)38(34)41-37-17-11-10-16-36(37)40-39(41)30-20-21-33-29(22-30)19-18-28-14-8-9-15-32(28)33;1-15(2)16-12-13-27-21(14-16)19-8-5-7-17-18-10-11-23-24(26(18)28-25(17)19)20-6-3-4-9-22(20)29-23;/h5-19,21-26H,1-4H3;3-7,9-15H,1-2H3;/q2*-1;. The van der Waals surface area contributed by atoms with E-state index in [1.807, 2.05) is 23.6 Å². The number of para-hydroxylation sites is 2. The summed E-state index contributed by atoms with van der Waals surface area (Å²) in [6, 6.07) is 69.6. The van der Waals surface area contributed by atoms with Gasteiger partial charge in [0.2, 0.25) is 0 Å². The summed E-state index contributed by atoms with van der Waals surface area (Å²) in [7, 11) is 0. The van der Waals surface area contributed by atoms with Crippen LogP contribution in [0.15, 0.2) is 187 Å². The van der Waals surface area contributed by atoms with Crippen molar-refractivity contribution in [3.05, 3.63) is 211 Å². The fourth-order valence-corrected chi connectivity index (χ4v) is 11.4. The molecule has 0 bridgehead atoms. The van der Waals surface area contributed by atoms with Gasteiger partial charge in [-0.15, -0.1) is 58.7 Å². The van der Waals surface area contributed by atoms with Crippen molar-refractivity contribution < 1.29 is 24.5 Å². The summed E-state index contributed by atoms with van der Waals surface area (Å²) < 4.78 is 11.5. The first-order valence-electron chi connectivity index (χ1n) is 24.4. The van der Waals surface area contributed by atoms with Crippen molar-refractivity contribution in [1.29, 1.82) is 0 Å². The molecule has 0 N–H and O–H groups in total. The first kappa shape index (κ1) is 46.2. The number of nitrogens with zero attached hydrogens (tertiary/aromatic N) is 3. The van der Waals surface area contributed by atoms with Gasteiger partial charge in [0.05, 0.1) is 22.4 Å². The molecule has 71 heavy (non-hydrogen) atoms. The van der Waals surface area contributed by atoms with Crippen molar-refractivity contribution >= 4 is 86.0 Å². The maximum atomic E-state index is 6.55. The normalized spacial score (nSPS) is 11.8. The smallest absolute Gasteiger partial charge is 0.130 e. The molecule has 13 aromatic rings. The third kappa shape index (κ3) is 8.14. The van der Waals surface area contributed by atoms with Crippen LogP contribution in [-0.2, 0) is 20.1 Å². The number of hydrogen-bond donors (Lipinski definition) is 0. The minimum absolute atomic E-state index is 0. The van der Waals surface area contributed by atoms with Gasteiger partial charge in [0, 0.05) is 57.5 Å². The molecule has 0 aliphatic carbocycles. The molecule has 0 aliphatic rings. The van der Waals surface area contributed by atoms with E-state index in [4.69, 9.17) is 9.40 Å². The Labute approximate surface area is 432 Å². The van der Waals surface area contributed by atoms with Gasteiger partial charge >= 0.3 is 0 Å². The van der Waals surface area contributed by atoms with E-state index in [1.54, 1.807) is 0 Å². The van der Waals surface area contributed by atoms with E-state index in [0.717, 1.165) is 55.6 Å². The summed E-state index contributed by atoms with van der Waals surface area (Å²) in [5, 5.41) is 9.62. The molecule has 1 radical (unpaired) electrons. The molecule has 0 unspecified atom stereocenters. The molecule has 0 amide bonds. The van der Waals surface area contributed by atoms with Gasteiger partial charge in [0.1, 0.15) is 5.58 Å². The van der Waals surface area contributed by atoms with Crippen LogP contribution in [0.3, 0.4) is 0 Å². The Morgan fingerprint density at radius 3 is 2.04 bits per heavy atom. The van der Waals surface area contributed by atoms with Crippen LogP contribution in [0.1, 0.15) is 76.0 Å². The summed E-state index contributed by atoms with van der Waals surface area (Å²) in [6.45, 7) is 13.6. The van der Waals surface area contributed by atoms with Crippen molar-refractivity contribution in [3.63, 3.8) is 0 Å². The van der Waals surface area contributed by atoms with Gasteiger partial charge in [0.15, 0.2) is 0 Å². The first-order valence-corrected chi connectivity index (χ1v) is 25.2. The molecule has 0 aliphatic heterocycles. The van der Waals surface area contributed by atoms with Crippen molar-refractivity contribution in [1.82, 2.24) is 14.5 Å². The second-order valence-electron chi connectivity index (χ2n) is 19.3. The molecule has 4 nitrogen and oxygen atoms in total. The van der Waals surface area contributed by atoms with Crippen molar-refractivity contribution in [2.75, 3.05) is 0 Å². The van der Waals surface area contributed by atoms with Crippen LogP contribution in [0.4, 0.5) is 0 Å². The maximum absolute atomic E-state index is 6.55. The summed E-state index contributed by atoms with van der Waals surface area (Å²) in [4.78, 5) is 9.87. The van der Waals surface area contributed by atoms with E-state index in [0.29, 0.717) is 17.8 Å². The van der Waals surface area contributed by atoms with Crippen LogP contribution in [-0.4, -0.2) is 14.5 Å². The van der Waals surface area contributed by atoms with Gasteiger partial charge in [-0.1, -0.05) is 178 Å². The SMILES string of the molecule is CC(C)c1cc(-c2ccccc2)cc(C(C)C)c1-n1c(-c2[c-]cc3c(ccc4ccccc43)c2)nc2ccccc21.CC(C)c1ccnc(-c2[c-]ccc3c2oc2c3ccc3sc4ccccc4c32)c1.[Ir]. The number of fused-ring (bicyclic) bond motifs is 11. The largest absolute Gasteiger partial charge is 0.500 e. The molecule has 349 valence electrons. The molecule has 0 saturated heterocycles. The summed E-state index contributed by atoms with van der Waals surface area (Å²) in [5.41, 5.74) is 14.4. The Hall–Kier alpha value is -7.21. The predicted molar refractivity (Wildman–Crippen MR) is 297 cm³/mol. The number of pyridine rings is 1. The number of furan rings is 1. The minimum atomic E-state index is 0. The fraction of sp³-hybridized carbons (Fsp3) is 0.138. The monoisotopic (exact) mass is 1110 g/mol. The molecule has 13 rings (SSSR count). The number of hydrogen-bond acceptors (Lipinski definition) is 4. The molecule has 0 atom stereocenters. The number of imidazole rings is 1. The van der Waals surface area contributed by atoms with Crippen LogP contribution in [0, 0.1) is 12.1 Å². The Bertz CT molecular complexity index is 4090. The summed E-state index contributed by atoms with van der Waals surface area (Å²) in [5.74, 6) is 2.03. The van der Waals surface area contributed by atoms with Crippen LogP contribution in [0.2, 0.25) is 0 Å². The van der Waals surface area contributed by atoms with E-state index in [1.165, 1.54) is 75.2 Å². The zero-order valence-corrected chi connectivity index (χ0v) is 43.8. The second-order valence-corrected chi connectivity index (χ2v) is 20.4. The third-order valence-corrected chi connectivity index (χ3v) is 15.0. The van der Waals surface area contributed by atoms with Crippen LogP contribution >= 0.6 is 11.3 Å². The van der Waals surface area contributed by atoms with Crippen molar-refractivity contribution in [3.8, 4) is 39.5 Å². The van der Waals surface area contributed by atoms with Gasteiger partial charge in [-0.05, 0) is 93.6 Å². The van der Waals surface area contributed by atoms with E-state index < -0.39 is 0 Å². The van der Waals surface area contributed by atoms with Gasteiger partial charge in [0.25, 0.3) is 0 Å². The third-order valence-electron chi connectivity index (χ3n) is 13.9. The molecule has 0 fully saturated rings. The van der Waals surface area contributed by atoms with Gasteiger partial charge in [-0.25, -0.2) is 0 Å². The molecule has 0 spiro atoms. The average Bonchev–Trinajstić information content (AvgIpc) is 4.10. The van der Waals surface area contributed by atoms with E-state index in [2.05, 4.69) is 233 Å². The van der Waals surface area contributed by atoms with Crippen LogP contribution < -0.4 is 0 Å². The summed E-state index contributed by atoms with van der Waals surface area (Å²) in [6.07, 6.45) is 1.88.